The molecule has 0 N–H and O–H groups in total. The quantitative estimate of drug-likeness (QED) is 0.824. The number of hydrogen-bond donors (Lipinski definition) is 0. The summed E-state index contributed by atoms with van der Waals surface area (Å²) in [6.07, 6.45) is 8.49. The highest BCUT2D eigenvalue weighted by Crippen LogP contribution is 2.22. The summed E-state index contributed by atoms with van der Waals surface area (Å²) in [5.74, 6) is 1.73. The molecule has 0 aliphatic carbocycles. The second-order valence-corrected chi connectivity index (χ2v) is 7.93. The fraction of sp³-hybridized carbons (Fsp3) is 0.526. The molecule has 1 fully saturated rings. The van der Waals surface area contributed by atoms with Crippen molar-refractivity contribution in [2.24, 2.45) is 5.92 Å². The van der Waals surface area contributed by atoms with Gasteiger partial charge in [0.05, 0.1) is 24.5 Å². The average Bonchev–Trinajstić information content (AvgIpc) is 2.99. The molecule has 0 aromatic carbocycles. The van der Waals surface area contributed by atoms with Gasteiger partial charge in [0, 0.05) is 32.1 Å². The maximum Gasteiger partial charge on any atom is 0.227 e. The maximum absolute atomic E-state index is 12.5. The molecule has 1 atom stereocenters. The SMILES string of the molecule is CN(C)c1cnc(CC2CCCN(C(=O)Cc3cccs3)CC2)cn1. The molecule has 3 heterocycles. The van der Waals surface area contributed by atoms with E-state index in [2.05, 4.69) is 9.97 Å². The van der Waals surface area contributed by atoms with Crippen molar-refractivity contribution in [3.05, 3.63) is 40.5 Å². The number of carbonyl (C=O) groups excluding carboxylic acids is 1. The summed E-state index contributed by atoms with van der Waals surface area (Å²) in [6, 6.07) is 4.05. The molecule has 1 aliphatic rings. The van der Waals surface area contributed by atoms with Gasteiger partial charge in [-0.1, -0.05) is 6.07 Å². The van der Waals surface area contributed by atoms with Crippen LogP contribution in [0.25, 0.3) is 0 Å². The number of aromatic nitrogens is 2. The number of amides is 1. The van der Waals surface area contributed by atoms with E-state index in [4.69, 9.17) is 0 Å². The lowest BCUT2D eigenvalue weighted by Crippen LogP contribution is -2.33. The third-order valence-corrected chi connectivity index (χ3v) is 5.63. The lowest BCUT2D eigenvalue weighted by Gasteiger charge is -2.20. The summed E-state index contributed by atoms with van der Waals surface area (Å²) in [5, 5.41) is 2.03. The fourth-order valence-electron chi connectivity index (χ4n) is 3.27. The van der Waals surface area contributed by atoms with E-state index >= 15 is 0 Å². The lowest BCUT2D eigenvalue weighted by atomic mass is 9.95. The Labute approximate surface area is 153 Å². The minimum atomic E-state index is 0.262. The zero-order chi connectivity index (χ0) is 17.6. The molecule has 3 rings (SSSR count). The second kappa shape index (κ2) is 8.43. The van der Waals surface area contributed by atoms with Crippen LogP contribution in [0.4, 0.5) is 5.82 Å². The normalized spacial score (nSPS) is 18.0. The Morgan fingerprint density at radius 1 is 1.28 bits per heavy atom. The van der Waals surface area contributed by atoms with Crippen molar-refractivity contribution in [1.29, 1.82) is 0 Å². The molecule has 6 heteroatoms. The third-order valence-electron chi connectivity index (χ3n) is 4.75. The summed E-state index contributed by atoms with van der Waals surface area (Å²) in [5.41, 5.74) is 1.05. The first-order valence-corrected chi connectivity index (χ1v) is 9.78. The summed E-state index contributed by atoms with van der Waals surface area (Å²) in [7, 11) is 3.94. The zero-order valence-corrected chi connectivity index (χ0v) is 15.8. The first-order chi connectivity index (χ1) is 12.1. The highest BCUT2D eigenvalue weighted by Gasteiger charge is 2.21. The van der Waals surface area contributed by atoms with Crippen LogP contribution in [0.5, 0.6) is 0 Å². The standard InChI is InChI=1S/C19H26N4OS/c1-22(2)18-14-20-16(13-21-18)11-15-5-3-8-23(9-7-15)19(24)12-17-6-4-10-25-17/h4,6,10,13-15H,3,5,7-9,11-12H2,1-2H3. The van der Waals surface area contributed by atoms with Crippen molar-refractivity contribution >= 4 is 23.1 Å². The Balaban J connectivity index is 1.51. The molecule has 0 spiro atoms. The van der Waals surface area contributed by atoms with Crippen molar-refractivity contribution in [1.82, 2.24) is 14.9 Å². The molecule has 5 nitrogen and oxygen atoms in total. The van der Waals surface area contributed by atoms with Gasteiger partial charge in [0.1, 0.15) is 5.82 Å². The fourth-order valence-corrected chi connectivity index (χ4v) is 3.97. The van der Waals surface area contributed by atoms with Gasteiger partial charge in [-0.15, -0.1) is 11.3 Å². The molecule has 0 radical (unpaired) electrons. The van der Waals surface area contributed by atoms with E-state index < -0.39 is 0 Å². The number of nitrogens with zero attached hydrogens (tertiary/aromatic N) is 4. The molecule has 0 bridgehead atoms. The topological polar surface area (TPSA) is 49.3 Å². The van der Waals surface area contributed by atoms with Crippen LogP contribution >= 0.6 is 11.3 Å². The van der Waals surface area contributed by atoms with Crippen LogP contribution in [0.15, 0.2) is 29.9 Å². The van der Waals surface area contributed by atoms with E-state index in [0.717, 1.165) is 55.2 Å². The van der Waals surface area contributed by atoms with E-state index in [0.29, 0.717) is 12.3 Å². The van der Waals surface area contributed by atoms with Crippen LogP contribution in [0.1, 0.15) is 29.8 Å². The maximum atomic E-state index is 12.5. The molecular formula is C19H26N4OS. The molecule has 2 aromatic heterocycles. The first kappa shape index (κ1) is 17.9. The minimum Gasteiger partial charge on any atom is -0.361 e. The molecule has 25 heavy (non-hydrogen) atoms. The minimum absolute atomic E-state index is 0.262. The van der Waals surface area contributed by atoms with Gasteiger partial charge in [-0.25, -0.2) is 4.98 Å². The van der Waals surface area contributed by atoms with Crippen LogP contribution in [-0.2, 0) is 17.6 Å². The van der Waals surface area contributed by atoms with Gasteiger partial charge < -0.3 is 9.80 Å². The predicted molar refractivity (Wildman–Crippen MR) is 102 cm³/mol. The van der Waals surface area contributed by atoms with E-state index in [1.165, 1.54) is 0 Å². The third kappa shape index (κ3) is 5.01. The molecule has 134 valence electrons. The average molecular weight is 359 g/mol. The van der Waals surface area contributed by atoms with Gasteiger partial charge in [-0.2, -0.15) is 0 Å². The highest BCUT2D eigenvalue weighted by molar-refractivity contribution is 7.10. The largest absolute Gasteiger partial charge is 0.361 e. The second-order valence-electron chi connectivity index (χ2n) is 6.90. The van der Waals surface area contributed by atoms with Gasteiger partial charge in [0.25, 0.3) is 0 Å². The van der Waals surface area contributed by atoms with Crippen molar-refractivity contribution in [2.45, 2.75) is 32.1 Å². The van der Waals surface area contributed by atoms with Crippen LogP contribution in [0, 0.1) is 5.92 Å². The van der Waals surface area contributed by atoms with Gasteiger partial charge >= 0.3 is 0 Å². The van der Waals surface area contributed by atoms with Crippen molar-refractivity contribution < 1.29 is 4.79 Å². The Morgan fingerprint density at radius 3 is 2.84 bits per heavy atom. The predicted octanol–water partition coefficient (Wildman–Crippen LogP) is 3.02. The summed E-state index contributed by atoms with van der Waals surface area (Å²) in [6.45, 7) is 1.74. The zero-order valence-electron chi connectivity index (χ0n) is 15.0. The lowest BCUT2D eigenvalue weighted by molar-refractivity contribution is -0.130. The molecule has 1 aliphatic heterocycles. The molecule has 1 amide bonds. The molecular weight excluding hydrogens is 332 g/mol. The Bertz CT molecular complexity index is 669. The number of hydrogen-bond acceptors (Lipinski definition) is 5. The Hall–Kier alpha value is -1.95. The number of thiophene rings is 1. The van der Waals surface area contributed by atoms with E-state index in [-0.39, 0.29) is 5.91 Å². The highest BCUT2D eigenvalue weighted by atomic mass is 32.1. The van der Waals surface area contributed by atoms with Crippen LogP contribution in [-0.4, -0.2) is 48.0 Å². The number of rotatable bonds is 5. The number of likely N-dealkylation sites (tertiary alicyclic amines) is 1. The molecule has 1 unspecified atom stereocenters. The van der Waals surface area contributed by atoms with Crippen molar-refractivity contribution in [3.63, 3.8) is 0 Å². The van der Waals surface area contributed by atoms with Gasteiger partial charge in [0.15, 0.2) is 0 Å². The molecule has 2 aromatic rings. The molecule has 0 saturated carbocycles. The van der Waals surface area contributed by atoms with Crippen LogP contribution < -0.4 is 4.90 Å². The van der Waals surface area contributed by atoms with Gasteiger partial charge in [-0.3, -0.25) is 9.78 Å². The van der Waals surface area contributed by atoms with Crippen molar-refractivity contribution in [3.8, 4) is 0 Å². The number of anilines is 1. The van der Waals surface area contributed by atoms with Gasteiger partial charge in [-0.05, 0) is 43.0 Å². The van der Waals surface area contributed by atoms with E-state index in [1.54, 1.807) is 11.3 Å². The van der Waals surface area contributed by atoms with Crippen molar-refractivity contribution in [2.75, 3.05) is 32.1 Å². The van der Waals surface area contributed by atoms with E-state index in [9.17, 15) is 4.79 Å². The monoisotopic (exact) mass is 358 g/mol. The Morgan fingerprint density at radius 2 is 2.16 bits per heavy atom. The summed E-state index contributed by atoms with van der Waals surface area (Å²) >= 11 is 1.66. The number of carbonyl (C=O) groups is 1. The van der Waals surface area contributed by atoms with E-state index in [1.807, 2.05) is 53.8 Å². The van der Waals surface area contributed by atoms with Gasteiger partial charge in [0.2, 0.25) is 5.91 Å². The first-order valence-electron chi connectivity index (χ1n) is 8.90. The molecule has 1 saturated heterocycles. The smallest absolute Gasteiger partial charge is 0.227 e. The Kier molecular flexibility index (Phi) is 6.02. The van der Waals surface area contributed by atoms with Crippen LogP contribution in [0.2, 0.25) is 0 Å². The summed E-state index contributed by atoms with van der Waals surface area (Å²) in [4.78, 5) is 26.6. The summed E-state index contributed by atoms with van der Waals surface area (Å²) < 4.78 is 0. The van der Waals surface area contributed by atoms with Crippen LogP contribution in [0.3, 0.4) is 0 Å².